The molecule has 90 valence electrons. The predicted octanol–water partition coefficient (Wildman–Crippen LogP) is 3.34. The molecule has 0 bridgehead atoms. The zero-order valence-electron chi connectivity index (χ0n) is 9.82. The maximum absolute atomic E-state index is 6.16. The fourth-order valence-corrected chi connectivity index (χ4v) is 3.75. The molecule has 1 fully saturated rings. The van der Waals surface area contributed by atoms with Crippen LogP contribution in [0.2, 0.25) is 5.28 Å². The number of rotatable bonds is 3. The molecule has 1 aliphatic rings. The number of aromatic nitrogens is 3. The van der Waals surface area contributed by atoms with E-state index >= 15 is 0 Å². The summed E-state index contributed by atoms with van der Waals surface area (Å²) in [5.41, 5.74) is 0. The Bertz CT molecular complexity index is 353. The second-order valence-electron chi connectivity index (χ2n) is 4.23. The Hall–Kier alpha value is -0.220. The normalized spacial score (nSPS) is 25.9. The molecule has 0 aliphatic heterocycles. The topological polar surface area (TPSA) is 30.7 Å². The molecule has 2 rings (SSSR count). The van der Waals surface area contributed by atoms with Gasteiger partial charge in [-0.2, -0.15) is 11.8 Å². The minimum atomic E-state index is 0.487. The molecule has 0 aromatic carbocycles. The van der Waals surface area contributed by atoms with Gasteiger partial charge in [-0.15, -0.1) is 10.2 Å². The van der Waals surface area contributed by atoms with Crippen molar-refractivity contribution in [1.82, 2.24) is 14.8 Å². The number of hydrogen-bond donors (Lipinski definition) is 0. The minimum Gasteiger partial charge on any atom is -0.298 e. The first-order chi connectivity index (χ1) is 7.77. The molecule has 1 aliphatic carbocycles. The first-order valence-electron chi connectivity index (χ1n) is 5.90. The van der Waals surface area contributed by atoms with Crippen LogP contribution in [0.4, 0.5) is 0 Å². The van der Waals surface area contributed by atoms with Gasteiger partial charge >= 0.3 is 0 Å². The van der Waals surface area contributed by atoms with Crippen LogP contribution in [0, 0.1) is 0 Å². The summed E-state index contributed by atoms with van der Waals surface area (Å²) in [6, 6.07) is 0.487. The van der Waals surface area contributed by atoms with Gasteiger partial charge in [-0.1, -0.05) is 19.8 Å². The number of aryl methyl sites for hydroxylation is 1. The third-order valence-corrected chi connectivity index (χ3v) is 4.76. The van der Waals surface area contributed by atoms with Crippen molar-refractivity contribution in [3.63, 3.8) is 0 Å². The third-order valence-electron chi connectivity index (χ3n) is 3.34. The predicted molar refractivity (Wildman–Crippen MR) is 69.2 cm³/mol. The fraction of sp³-hybridized carbons (Fsp3) is 0.818. The Labute approximate surface area is 106 Å². The van der Waals surface area contributed by atoms with E-state index in [9.17, 15) is 0 Å². The molecule has 1 saturated carbocycles. The van der Waals surface area contributed by atoms with E-state index in [1.165, 1.54) is 25.7 Å². The summed E-state index contributed by atoms with van der Waals surface area (Å²) in [6.07, 6.45) is 8.20. The van der Waals surface area contributed by atoms with Crippen LogP contribution >= 0.6 is 23.4 Å². The lowest BCUT2D eigenvalue weighted by molar-refractivity contribution is 0.357. The van der Waals surface area contributed by atoms with Gasteiger partial charge in [0.2, 0.25) is 5.28 Å². The van der Waals surface area contributed by atoms with Crippen LogP contribution in [0.15, 0.2) is 0 Å². The van der Waals surface area contributed by atoms with E-state index in [-0.39, 0.29) is 0 Å². The molecule has 0 saturated heterocycles. The molecule has 2 atom stereocenters. The highest BCUT2D eigenvalue weighted by molar-refractivity contribution is 7.99. The van der Waals surface area contributed by atoms with Crippen molar-refractivity contribution in [2.75, 3.05) is 6.26 Å². The minimum absolute atomic E-state index is 0.487. The van der Waals surface area contributed by atoms with E-state index in [0.717, 1.165) is 12.2 Å². The van der Waals surface area contributed by atoms with Gasteiger partial charge in [0.1, 0.15) is 5.82 Å². The molecule has 1 aromatic rings. The fourth-order valence-electron chi connectivity index (χ4n) is 2.52. The zero-order valence-corrected chi connectivity index (χ0v) is 11.4. The van der Waals surface area contributed by atoms with E-state index in [1.54, 1.807) is 0 Å². The summed E-state index contributed by atoms with van der Waals surface area (Å²) in [5, 5.41) is 9.37. The van der Waals surface area contributed by atoms with Crippen molar-refractivity contribution in [1.29, 1.82) is 0 Å². The zero-order chi connectivity index (χ0) is 11.5. The first-order valence-corrected chi connectivity index (χ1v) is 7.56. The monoisotopic (exact) mass is 259 g/mol. The molecule has 16 heavy (non-hydrogen) atoms. The Morgan fingerprint density at radius 1 is 1.38 bits per heavy atom. The van der Waals surface area contributed by atoms with Gasteiger partial charge in [-0.3, -0.25) is 4.57 Å². The average Bonchev–Trinajstić information content (AvgIpc) is 2.70. The Balaban J connectivity index is 2.29. The van der Waals surface area contributed by atoms with Crippen LogP contribution in [-0.4, -0.2) is 26.3 Å². The van der Waals surface area contributed by atoms with Gasteiger partial charge in [0.15, 0.2) is 0 Å². The number of hydrogen-bond acceptors (Lipinski definition) is 3. The van der Waals surface area contributed by atoms with Crippen LogP contribution in [0.3, 0.4) is 0 Å². The van der Waals surface area contributed by atoms with E-state index in [4.69, 9.17) is 11.6 Å². The molecular formula is C11H18ClN3S. The smallest absolute Gasteiger partial charge is 0.225 e. The van der Waals surface area contributed by atoms with Gasteiger partial charge in [0.05, 0.1) is 0 Å². The van der Waals surface area contributed by atoms with Gasteiger partial charge in [0, 0.05) is 17.7 Å². The van der Waals surface area contributed by atoms with E-state index in [0.29, 0.717) is 16.6 Å². The summed E-state index contributed by atoms with van der Waals surface area (Å²) in [6.45, 7) is 2.10. The largest absolute Gasteiger partial charge is 0.298 e. The Kier molecular flexibility index (Phi) is 4.14. The van der Waals surface area contributed by atoms with Crippen LogP contribution in [0.5, 0.6) is 0 Å². The van der Waals surface area contributed by atoms with Crippen LogP contribution in [-0.2, 0) is 6.42 Å². The van der Waals surface area contributed by atoms with Gasteiger partial charge in [-0.05, 0) is 30.7 Å². The van der Waals surface area contributed by atoms with Crippen molar-refractivity contribution in [2.45, 2.75) is 50.3 Å². The molecule has 3 nitrogen and oxygen atoms in total. The molecule has 0 N–H and O–H groups in total. The molecule has 2 unspecified atom stereocenters. The van der Waals surface area contributed by atoms with Crippen LogP contribution < -0.4 is 0 Å². The second-order valence-corrected chi connectivity index (χ2v) is 5.65. The number of nitrogens with zero attached hydrogens (tertiary/aromatic N) is 3. The summed E-state index contributed by atoms with van der Waals surface area (Å²) >= 11 is 8.10. The molecule has 0 radical (unpaired) electrons. The van der Waals surface area contributed by atoms with E-state index in [2.05, 4.69) is 27.9 Å². The SMILES string of the molecule is CCc1nnc(Cl)n1C1CCCCC1SC. The lowest BCUT2D eigenvalue weighted by Gasteiger charge is -2.32. The van der Waals surface area contributed by atoms with E-state index in [1.807, 2.05) is 11.8 Å². The van der Waals surface area contributed by atoms with Crippen LogP contribution in [0.25, 0.3) is 0 Å². The standard InChI is InChI=1S/C11H18ClN3S/c1-3-10-13-14-11(12)15(10)8-6-4-5-7-9(8)16-2/h8-9H,3-7H2,1-2H3. The van der Waals surface area contributed by atoms with Crippen molar-refractivity contribution < 1.29 is 0 Å². The van der Waals surface area contributed by atoms with Crippen LogP contribution in [0.1, 0.15) is 44.5 Å². The van der Waals surface area contributed by atoms with Gasteiger partial charge < -0.3 is 0 Å². The lowest BCUT2D eigenvalue weighted by atomic mass is 9.94. The number of halogens is 1. The summed E-state index contributed by atoms with van der Waals surface area (Å²) < 4.78 is 2.15. The highest BCUT2D eigenvalue weighted by Gasteiger charge is 2.29. The molecule has 0 spiro atoms. The molecule has 5 heteroatoms. The molecule has 1 aromatic heterocycles. The molecule has 0 amide bonds. The second kappa shape index (κ2) is 5.41. The number of thioether (sulfide) groups is 1. The summed E-state index contributed by atoms with van der Waals surface area (Å²) in [4.78, 5) is 0. The quantitative estimate of drug-likeness (QED) is 0.834. The summed E-state index contributed by atoms with van der Waals surface area (Å²) in [7, 11) is 0. The summed E-state index contributed by atoms with van der Waals surface area (Å²) in [5.74, 6) is 1.02. The maximum Gasteiger partial charge on any atom is 0.225 e. The lowest BCUT2D eigenvalue weighted by Crippen LogP contribution is -2.26. The Morgan fingerprint density at radius 3 is 2.81 bits per heavy atom. The molecule has 1 heterocycles. The highest BCUT2D eigenvalue weighted by Crippen LogP contribution is 2.37. The Morgan fingerprint density at radius 2 is 2.12 bits per heavy atom. The highest BCUT2D eigenvalue weighted by atomic mass is 35.5. The first kappa shape index (κ1) is 12.2. The van der Waals surface area contributed by atoms with Crippen molar-refractivity contribution in [3.8, 4) is 0 Å². The van der Waals surface area contributed by atoms with Gasteiger partial charge in [0.25, 0.3) is 0 Å². The average molecular weight is 260 g/mol. The van der Waals surface area contributed by atoms with Gasteiger partial charge in [-0.25, -0.2) is 0 Å². The van der Waals surface area contributed by atoms with Crippen molar-refractivity contribution in [3.05, 3.63) is 11.1 Å². The van der Waals surface area contributed by atoms with E-state index < -0.39 is 0 Å². The molecular weight excluding hydrogens is 242 g/mol. The van der Waals surface area contributed by atoms with Crippen molar-refractivity contribution in [2.24, 2.45) is 0 Å². The van der Waals surface area contributed by atoms with Crippen molar-refractivity contribution >= 4 is 23.4 Å². The maximum atomic E-state index is 6.16. The third kappa shape index (κ3) is 2.23.